The predicted octanol–water partition coefficient (Wildman–Crippen LogP) is 3.65. The van der Waals surface area contributed by atoms with Gasteiger partial charge in [0.2, 0.25) is 0 Å². The molecular formula is C20H22O4. The van der Waals surface area contributed by atoms with Gasteiger partial charge in [0.25, 0.3) is 0 Å². The van der Waals surface area contributed by atoms with Gasteiger partial charge in [-0.25, -0.2) is 0 Å². The van der Waals surface area contributed by atoms with Crippen molar-refractivity contribution in [2.75, 3.05) is 14.2 Å². The summed E-state index contributed by atoms with van der Waals surface area (Å²) in [7, 11) is 2.96. The number of rotatable bonds is 5. The van der Waals surface area contributed by atoms with Gasteiger partial charge in [0.15, 0.2) is 5.79 Å². The van der Waals surface area contributed by atoms with Crippen molar-refractivity contribution in [3.05, 3.63) is 71.8 Å². The van der Waals surface area contributed by atoms with Crippen LogP contribution in [0, 0.1) is 0 Å². The van der Waals surface area contributed by atoms with Gasteiger partial charge in [0, 0.05) is 13.5 Å². The van der Waals surface area contributed by atoms with Crippen LogP contribution in [-0.4, -0.2) is 26.0 Å². The zero-order valence-electron chi connectivity index (χ0n) is 14.0. The summed E-state index contributed by atoms with van der Waals surface area (Å²) in [5, 5.41) is 0. The van der Waals surface area contributed by atoms with Crippen LogP contribution in [0.15, 0.2) is 60.7 Å². The number of hydrogen-bond acceptors (Lipinski definition) is 4. The van der Waals surface area contributed by atoms with Crippen LogP contribution in [0.25, 0.3) is 0 Å². The molecule has 0 radical (unpaired) electrons. The molecule has 2 aromatic carbocycles. The molecule has 1 saturated heterocycles. The fourth-order valence-corrected chi connectivity index (χ4v) is 3.41. The van der Waals surface area contributed by atoms with Crippen molar-refractivity contribution < 1.29 is 19.0 Å². The summed E-state index contributed by atoms with van der Waals surface area (Å²) in [5.41, 5.74) is 1.48. The van der Waals surface area contributed by atoms with E-state index in [2.05, 4.69) is 24.3 Å². The molecule has 0 N–H and O–H groups in total. The Kier molecular flexibility index (Phi) is 4.69. The summed E-state index contributed by atoms with van der Waals surface area (Å²) in [6.07, 6.45) is 1.41. The lowest BCUT2D eigenvalue weighted by Gasteiger charge is -2.34. The minimum atomic E-state index is -0.973. The highest BCUT2D eigenvalue weighted by Crippen LogP contribution is 2.50. The van der Waals surface area contributed by atoms with Crippen molar-refractivity contribution in [2.45, 2.75) is 30.7 Å². The first-order chi connectivity index (χ1) is 11.6. The van der Waals surface area contributed by atoms with Crippen LogP contribution in [0.4, 0.5) is 0 Å². The number of methoxy groups -OCH3 is 2. The fourth-order valence-electron chi connectivity index (χ4n) is 3.41. The van der Waals surface area contributed by atoms with Crippen LogP contribution >= 0.6 is 0 Å². The maximum absolute atomic E-state index is 11.8. The molecule has 0 spiro atoms. The van der Waals surface area contributed by atoms with Gasteiger partial charge in [0.05, 0.1) is 13.5 Å². The highest BCUT2D eigenvalue weighted by molar-refractivity contribution is 5.70. The molecule has 3 rings (SSSR count). The maximum Gasteiger partial charge on any atom is 0.310 e. The Labute approximate surface area is 142 Å². The molecule has 0 aliphatic carbocycles. The van der Waals surface area contributed by atoms with Crippen molar-refractivity contribution in [1.29, 1.82) is 0 Å². The Morgan fingerprint density at radius 3 is 1.96 bits per heavy atom. The van der Waals surface area contributed by atoms with Gasteiger partial charge in [-0.2, -0.15) is 0 Å². The third-order valence-corrected chi connectivity index (χ3v) is 4.71. The van der Waals surface area contributed by atoms with Crippen molar-refractivity contribution in [1.82, 2.24) is 0 Å². The van der Waals surface area contributed by atoms with E-state index in [9.17, 15) is 4.79 Å². The van der Waals surface area contributed by atoms with E-state index in [1.807, 2.05) is 36.4 Å². The van der Waals surface area contributed by atoms with E-state index in [4.69, 9.17) is 14.2 Å². The van der Waals surface area contributed by atoms with Crippen molar-refractivity contribution in [3.8, 4) is 0 Å². The van der Waals surface area contributed by atoms with E-state index in [0.717, 1.165) is 17.5 Å². The first kappa shape index (κ1) is 16.7. The topological polar surface area (TPSA) is 44.8 Å². The molecule has 1 aliphatic heterocycles. The lowest BCUT2D eigenvalue weighted by atomic mass is 9.84. The summed E-state index contributed by atoms with van der Waals surface area (Å²) in [5.74, 6) is -1.31. The molecule has 0 aromatic heterocycles. The Hall–Kier alpha value is -2.17. The van der Waals surface area contributed by atoms with E-state index in [1.54, 1.807) is 7.11 Å². The molecule has 1 heterocycles. The average molecular weight is 326 g/mol. The minimum Gasteiger partial charge on any atom is -0.469 e. The standard InChI is InChI=1S/C20H22O4/c1-22-18(21)15-19(23-2)13-14-20(24-19,16-9-5-3-6-10-16)17-11-7-4-8-12-17/h3-12H,13-15H2,1-2H3. The van der Waals surface area contributed by atoms with Gasteiger partial charge in [-0.05, 0) is 17.5 Å². The number of carbonyl (C=O) groups is 1. The molecular weight excluding hydrogens is 304 g/mol. The van der Waals surface area contributed by atoms with Crippen LogP contribution in [0.3, 0.4) is 0 Å². The second-order valence-corrected chi connectivity index (χ2v) is 6.03. The lowest BCUT2D eigenvalue weighted by molar-refractivity contribution is -0.238. The third-order valence-electron chi connectivity index (χ3n) is 4.71. The molecule has 0 amide bonds. The molecule has 1 unspecified atom stereocenters. The fraction of sp³-hybridized carbons (Fsp3) is 0.350. The van der Waals surface area contributed by atoms with Gasteiger partial charge in [-0.15, -0.1) is 0 Å². The van der Waals surface area contributed by atoms with Crippen LogP contribution in [-0.2, 0) is 24.6 Å². The van der Waals surface area contributed by atoms with Gasteiger partial charge in [-0.3, -0.25) is 4.79 Å². The Balaban J connectivity index is 2.04. The number of ether oxygens (including phenoxy) is 3. The van der Waals surface area contributed by atoms with Gasteiger partial charge in [0.1, 0.15) is 5.60 Å². The van der Waals surface area contributed by atoms with Crippen LogP contribution in [0.5, 0.6) is 0 Å². The van der Waals surface area contributed by atoms with Crippen LogP contribution < -0.4 is 0 Å². The number of esters is 1. The quantitative estimate of drug-likeness (QED) is 0.787. The molecule has 4 heteroatoms. The molecule has 24 heavy (non-hydrogen) atoms. The van der Waals surface area contributed by atoms with Crippen molar-refractivity contribution in [2.24, 2.45) is 0 Å². The smallest absolute Gasteiger partial charge is 0.310 e. The molecule has 1 aliphatic rings. The van der Waals surface area contributed by atoms with Crippen molar-refractivity contribution in [3.63, 3.8) is 0 Å². The van der Waals surface area contributed by atoms with E-state index in [1.165, 1.54) is 7.11 Å². The minimum absolute atomic E-state index is 0.0709. The summed E-state index contributed by atoms with van der Waals surface area (Å²) in [6.45, 7) is 0. The zero-order valence-corrected chi connectivity index (χ0v) is 14.0. The first-order valence-electron chi connectivity index (χ1n) is 8.07. The Bertz CT molecular complexity index is 644. The lowest BCUT2D eigenvalue weighted by Crippen LogP contribution is -2.38. The Morgan fingerprint density at radius 2 is 1.50 bits per heavy atom. The largest absolute Gasteiger partial charge is 0.469 e. The summed E-state index contributed by atoms with van der Waals surface area (Å²) in [4.78, 5) is 11.8. The highest BCUT2D eigenvalue weighted by Gasteiger charge is 2.52. The summed E-state index contributed by atoms with van der Waals surface area (Å²) < 4.78 is 17.0. The highest BCUT2D eigenvalue weighted by atomic mass is 16.7. The Morgan fingerprint density at radius 1 is 0.958 bits per heavy atom. The molecule has 126 valence electrons. The monoisotopic (exact) mass is 326 g/mol. The molecule has 1 fully saturated rings. The predicted molar refractivity (Wildman–Crippen MR) is 90.4 cm³/mol. The summed E-state index contributed by atoms with van der Waals surface area (Å²) >= 11 is 0. The molecule has 0 saturated carbocycles. The van der Waals surface area contributed by atoms with E-state index < -0.39 is 11.4 Å². The van der Waals surface area contributed by atoms with Gasteiger partial charge >= 0.3 is 5.97 Å². The normalized spacial score (nSPS) is 22.2. The van der Waals surface area contributed by atoms with E-state index in [-0.39, 0.29) is 12.4 Å². The number of carbonyl (C=O) groups excluding carboxylic acids is 1. The van der Waals surface area contributed by atoms with Crippen LogP contribution in [0.2, 0.25) is 0 Å². The molecule has 0 bridgehead atoms. The van der Waals surface area contributed by atoms with E-state index in [0.29, 0.717) is 6.42 Å². The summed E-state index contributed by atoms with van der Waals surface area (Å²) in [6, 6.07) is 20.2. The number of hydrogen-bond donors (Lipinski definition) is 0. The second-order valence-electron chi connectivity index (χ2n) is 6.03. The third kappa shape index (κ3) is 2.95. The zero-order chi connectivity index (χ0) is 17.0. The molecule has 1 atom stereocenters. The molecule has 2 aromatic rings. The average Bonchev–Trinajstić information content (AvgIpc) is 3.04. The van der Waals surface area contributed by atoms with Crippen molar-refractivity contribution >= 4 is 5.97 Å². The van der Waals surface area contributed by atoms with Gasteiger partial charge in [-0.1, -0.05) is 60.7 Å². The maximum atomic E-state index is 11.8. The van der Waals surface area contributed by atoms with E-state index >= 15 is 0 Å². The molecule has 4 nitrogen and oxygen atoms in total. The van der Waals surface area contributed by atoms with Gasteiger partial charge < -0.3 is 14.2 Å². The number of benzene rings is 2. The van der Waals surface area contributed by atoms with Crippen LogP contribution in [0.1, 0.15) is 30.4 Å². The SMILES string of the molecule is COC(=O)CC1(OC)CCC(c2ccccc2)(c2ccccc2)O1. The first-order valence-corrected chi connectivity index (χ1v) is 8.07. The second kappa shape index (κ2) is 6.75.